The lowest BCUT2D eigenvalue weighted by Crippen LogP contribution is -2.32. The lowest BCUT2D eigenvalue weighted by atomic mass is 10.2. The Hall–Kier alpha value is -1.41. The second kappa shape index (κ2) is 6.16. The standard InChI is InChI=1S/C11H16F2N2O3S/c1-19(17,18)9-4-2-3-8(11(9)14)15(5-6-16)7-10(12)13/h2-4,10,16H,5-7,14H2,1H3. The summed E-state index contributed by atoms with van der Waals surface area (Å²) in [5.74, 6) is 0. The van der Waals surface area contributed by atoms with E-state index in [2.05, 4.69) is 0 Å². The molecule has 0 amide bonds. The number of hydrogen-bond acceptors (Lipinski definition) is 5. The third-order valence-electron chi connectivity index (χ3n) is 2.51. The van der Waals surface area contributed by atoms with Gasteiger partial charge in [-0.25, -0.2) is 17.2 Å². The van der Waals surface area contributed by atoms with E-state index < -0.39 is 22.8 Å². The van der Waals surface area contributed by atoms with Crippen LogP contribution in [0.3, 0.4) is 0 Å². The molecule has 108 valence electrons. The Morgan fingerprint density at radius 1 is 1.42 bits per heavy atom. The van der Waals surface area contributed by atoms with Crippen LogP contribution >= 0.6 is 0 Å². The summed E-state index contributed by atoms with van der Waals surface area (Å²) < 4.78 is 48.0. The molecule has 0 saturated heterocycles. The van der Waals surface area contributed by atoms with E-state index in [4.69, 9.17) is 10.8 Å². The van der Waals surface area contributed by atoms with E-state index in [0.29, 0.717) is 0 Å². The molecule has 1 aromatic carbocycles. The summed E-state index contributed by atoms with van der Waals surface area (Å²) in [5.41, 5.74) is 5.82. The van der Waals surface area contributed by atoms with Gasteiger partial charge in [-0.2, -0.15) is 0 Å². The van der Waals surface area contributed by atoms with E-state index in [-0.39, 0.29) is 29.4 Å². The predicted octanol–water partition coefficient (Wildman–Crippen LogP) is 0.736. The van der Waals surface area contributed by atoms with E-state index in [0.717, 1.165) is 11.2 Å². The summed E-state index contributed by atoms with van der Waals surface area (Å²) in [5, 5.41) is 8.89. The number of anilines is 2. The molecule has 19 heavy (non-hydrogen) atoms. The first kappa shape index (κ1) is 15.6. The number of hydrogen-bond donors (Lipinski definition) is 2. The molecule has 0 aliphatic heterocycles. The van der Waals surface area contributed by atoms with Crippen molar-refractivity contribution in [3.8, 4) is 0 Å². The van der Waals surface area contributed by atoms with E-state index in [1.165, 1.54) is 18.2 Å². The molecular weight excluding hydrogens is 278 g/mol. The number of nitrogens with two attached hydrogens (primary N) is 1. The fourth-order valence-electron chi connectivity index (χ4n) is 1.73. The van der Waals surface area contributed by atoms with Crippen molar-refractivity contribution >= 4 is 21.2 Å². The zero-order chi connectivity index (χ0) is 14.6. The van der Waals surface area contributed by atoms with Crippen LogP contribution in [0.4, 0.5) is 20.2 Å². The van der Waals surface area contributed by atoms with Crippen LogP contribution in [0.15, 0.2) is 23.1 Å². The first-order valence-electron chi connectivity index (χ1n) is 5.50. The molecule has 0 aliphatic rings. The van der Waals surface area contributed by atoms with E-state index in [1.807, 2.05) is 0 Å². The molecule has 0 spiro atoms. The molecule has 8 heteroatoms. The van der Waals surface area contributed by atoms with Crippen molar-refractivity contribution in [2.45, 2.75) is 11.3 Å². The molecule has 0 saturated carbocycles. The molecular formula is C11H16F2N2O3S. The second-order valence-electron chi connectivity index (χ2n) is 4.02. The molecule has 3 N–H and O–H groups in total. The molecule has 0 aliphatic carbocycles. The first-order chi connectivity index (χ1) is 8.77. The minimum absolute atomic E-state index is 0.0538. The zero-order valence-electron chi connectivity index (χ0n) is 10.4. The van der Waals surface area contributed by atoms with Gasteiger partial charge in [0.25, 0.3) is 6.43 Å². The molecule has 1 aromatic rings. The Morgan fingerprint density at radius 3 is 2.53 bits per heavy atom. The van der Waals surface area contributed by atoms with Crippen LogP contribution in [-0.4, -0.2) is 45.9 Å². The van der Waals surface area contributed by atoms with Crippen molar-refractivity contribution in [1.82, 2.24) is 0 Å². The molecule has 0 aromatic heterocycles. The van der Waals surface area contributed by atoms with Crippen LogP contribution in [-0.2, 0) is 9.84 Å². The van der Waals surface area contributed by atoms with Gasteiger partial charge >= 0.3 is 0 Å². The van der Waals surface area contributed by atoms with Crippen molar-refractivity contribution in [3.05, 3.63) is 18.2 Å². The van der Waals surface area contributed by atoms with Gasteiger partial charge in [0.15, 0.2) is 9.84 Å². The van der Waals surface area contributed by atoms with Gasteiger partial charge in [0.05, 0.1) is 29.4 Å². The summed E-state index contributed by atoms with van der Waals surface area (Å²) in [6.45, 7) is -1.02. The fraction of sp³-hybridized carbons (Fsp3) is 0.455. The minimum atomic E-state index is -3.53. The molecule has 5 nitrogen and oxygen atoms in total. The van der Waals surface area contributed by atoms with Gasteiger partial charge in [0.2, 0.25) is 0 Å². The van der Waals surface area contributed by atoms with Gasteiger partial charge < -0.3 is 15.7 Å². The van der Waals surface area contributed by atoms with Crippen molar-refractivity contribution < 1.29 is 22.3 Å². The topological polar surface area (TPSA) is 83.6 Å². The Labute approximate surface area is 110 Å². The number of nitrogens with zero attached hydrogens (tertiary/aromatic N) is 1. The highest BCUT2D eigenvalue weighted by Crippen LogP contribution is 2.30. The number of para-hydroxylation sites is 1. The molecule has 1 rings (SSSR count). The number of rotatable bonds is 6. The fourth-order valence-corrected chi connectivity index (χ4v) is 2.56. The summed E-state index contributed by atoms with van der Waals surface area (Å²) in [6, 6.07) is 4.19. The number of aliphatic hydroxyl groups excluding tert-OH is 1. The highest BCUT2D eigenvalue weighted by molar-refractivity contribution is 7.90. The zero-order valence-corrected chi connectivity index (χ0v) is 11.2. The smallest absolute Gasteiger partial charge is 0.255 e. The maximum absolute atomic E-state index is 12.5. The Morgan fingerprint density at radius 2 is 2.05 bits per heavy atom. The van der Waals surface area contributed by atoms with E-state index in [9.17, 15) is 17.2 Å². The molecule has 0 unspecified atom stereocenters. The second-order valence-corrected chi connectivity index (χ2v) is 6.01. The summed E-state index contributed by atoms with van der Waals surface area (Å²) >= 11 is 0. The summed E-state index contributed by atoms with van der Waals surface area (Å²) in [4.78, 5) is 1.05. The predicted molar refractivity (Wildman–Crippen MR) is 69.3 cm³/mol. The summed E-state index contributed by atoms with van der Waals surface area (Å²) in [6.07, 6.45) is -1.63. The maximum Gasteiger partial charge on any atom is 0.255 e. The Kier molecular flexibility index (Phi) is 5.07. The van der Waals surface area contributed by atoms with Crippen molar-refractivity contribution in [1.29, 1.82) is 0 Å². The van der Waals surface area contributed by atoms with Gasteiger partial charge in [-0.3, -0.25) is 0 Å². The van der Waals surface area contributed by atoms with Crippen LogP contribution < -0.4 is 10.6 Å². The van der Waals surface area contributed by atoms with Gasteiger partial charge in [-0.15, -0.1) is 0 Å². The summed E-state index contributed by atoms with van der Waals surface area (Å²) in [7, 11) is -3.53. The van der Waals surface area contributed by atoms with Crippen LogP contribution in [0.5, 0.6) is 0 Å². The molecule has 0 heterocycles. The average Bonchev–Trinajstić information content (AvgIpc) is 2.26. The molecule has 0 bridgehead atoms. The van der Waals surface area contributed by atoms with Gasteiger partial charge in [0.1, 0.15) is 0 Å². The average molecular weight is 294 g/mol. The molecule has 0 atom stereocenters. The highest BCUT2D eigenvalue weighted by Gasteiger charge is 2.19. The highest BCUT2D eigenvalue weighted by atomic mass is 32.2. The van der Waals surface area contributed by atoms with E-state index >= 15 is 0 Å². The van der Waals surface area contributed by atoms with Gasteiger partial charge in [0, 0.05) is 12.8 Å². The number of alkyl halides is 2. The largest absolute Gasteiger partial charge is 0.396 e. The molecule has 0 radical (unpaired) electrons. The van der Waals surface area contributed by atoms with Crippen LogP contribution in [0.1, 0.15) is 0 Å². The Balaban J connectivity index is 3.24. The lowest BCUT2D eigenvalue weighted by Gasteiger charge is -2.25. The van der Waals surface area contributed by atoms with Crippen molar-refractivity contribution in [2.75, 3.05) is 36.6 Å². The van der Waals surface area contributed by atoms with Crippen molar-refractivity contribution in [3.63, 3.8) is 0 Å². The number of halogens is 2. The number of nitrogen functional groups attached to an aromatic ring is 1. The lowest BCUT2D eigenvalue weighted by molar-refractivity contribution is 0.153. The third-order valence-corrected chi connectivity index (χ3v) is 3.67. The van der Waals surface area contributed by atoms with Crippen LogP contribution in [0, 0.1) is 0 Å². The first-order valence-corrected chi connectivity index (χ1v) is 7.39. The van der Waals surface area contributed by atoms with Crippen molar-refractivity contribution in [2.24, 2.45) is 0 Å². The molecule has 0 fully saturated rings. The third kappa shape index (κ3) is 4.03. The Bertz CT molecular complexity index is 535. The SMILES string of the molecule is CS(=O)(=O)c1cccc(N(CCO)CC(F)F)c1N. The monoisotopic (exact) mass is 294 g/mol. The van der Waals surface area contributed by atoms with Gasteiger partial charge in [-0.05, 0) is 12.1 Å². The quantitative estimate of drug-likeness (QED) is 0.756. The minimum Gasteiger partial charge on any atom is -0.396 e. The van der Waals surface area contributed by atoms with Crippen LogP contribution in [0.2, 0.25) is 0 Å². The van der Waals surface area contributed by atoms with E-state index in [1.54, 1.807) is 0 Å². The van der Waals surface area contributed by atoms with Gasteiger partial charge in [-0.1, -0.05) is 6.07 Å². The number of aliphatic hydroxyl groups is 1. The van der Waals surface area contributed by atoms with Crippen LogP contribution in [0.25, 0.3) is 0 Å². The maximum atomic E-state index is 12.5. The normalized spacial score (nSPS) is 11.8. The number of sulfone groups is 1. The number of benzene rings is 1.